The van der Waals surface area contributed by atoms with Crippen molar-refractivity contribution in [3.63, 3.8) is 0 Å². The van der Waals surface area contributed by atoms with E-state index in [1.165, 1.54) is 0 Å². The van der Waals surface area contributed by atoms with E-state index in [9.17, 15) is 4.79 Å². The second-order valence-electron chi connectivity index (χ2n) is 6.45. The minimum absolute atomic E-state index is 0.0999. The van der Waals surface area contributed by atoms with Crippen molar-refractivity contribution in [1.82, 2.24) is 9.80 Å². The summed E-state index contributed by atoms with van der Waals surface area (Å²) in [5.74, 6) is -0.0999. The summed E-state index contributed by atoms with van der Waals surface area (Å²) >= 11 is 24.1. The lowest BCUT2D eigenvalue weighted by atomic mass is 10.2. The molecule has 0 saturated carbocycles. The molecule has 0 radical (unpaired) electrons. The second kappa shape index (κ2) is 9.46. The van der Waals surface area contributed by atoms with Crippen molar-refractivity contribution < 1.29 is 4.79 Å². The molecule has 0 spiro atoms. The zero-order valence-corrected chi connectivity index (χ0v) is 17.5. The monoisotopic (exact) mass is 445 g/mol. The Morgan fingerprint density at radius 2 is 1.59 bits per heavy atom. The van der Waals surface area contributed by atoms with Crippen LogP contribution in [0, 0.1) is 0 Å². The number of nitrogens with zero attached hydrogens (tertiary/aromatic N) is 2. The highest BCUT2D eigenvalue weighted by atomic mass is 35.5. The molecule has 4 nitrogen and oxygen atoms in total. The fraction of sp³-hybridized carbons (Fsp3) is 0.316. The van der Waals surface area contributed by atoms with E-state index >= 15 is 0 Å². The first-order chi connectivity index (χ1) is 12.9. The molecular formula is C19H19Cl4N3O. The lowest BCUT2D eigenvalue weighted by molar-refractivity contribution is -0.117. The van der Waals surface area contributed by atoms with Crippen LogP contribution in [0.4, 0.5) is 5.69 Å². The van der Waals surface area contributed by atoms with E-state index in [4.69, 9.17) is 46.4 Å². The minimum atomic E-state index is -0.0999. The number of benzene rings is 2. The Morgan fingerprint density at radius 1 is 0.889 bits per heavy atom. The van der Waals surface area contributed by atoms with Gasteiger partial charge in [-0.1, -0.05) is 58.5 Å². The predicted octanol–water partition coefficient (Wildman–Crippen LogP) is 5.06. The summed E-state index contributed by atoms with van der Waals surface area (Å²) in [6.07, 6.45) is 0. The molecule has 0 atom stereocenters. The highest BCUT2D eigenvalue weighted by molar-refractivity contribution is 6.44. The highest BCUT2D eigenvalue weighted by Crippen LogP contribution is 2.29. The van der Waals surface area contributed by atoms with Crippen LogP contribution in [0.25, 0.3) is 0 Å². The van der Waals surface area contributed by atoms with Crippen LogP contribution in [-0.2, 0) is 11.3 Å². The molecule has 0 bridgehead atoms. The Hall–Kier alpha value is -1.01. The van der Waals surface area contributed by atoms with Crippen LogP contribution < -0.4 is 5.32 Å². The highest BCUT2D eigenvalue weighted by Gasteiger charge is 2.20. The maximum absolute atomic E-state index is 12.3. The average Bonchev–Trinajstić information content (AvgIpc) is 2.64. The summed E-state index contributed by atoms with van der Waals surface area (Å²) < 4.78 is 0. The fourth-order valence-electron chi connectivity index (χ4n) is 2.99. The van der Waals surface area contributed by atoms with Crippen molar-refractivity contribution in [1.29, 1.82) is 0 Å². The van der Waals surface area contributed by atoms with Crippen LogP contribution in [-0.4, -0.2) is 48.4 Å². The van der Waals surface area contributed by atoms with Gasteiger partial charge < -0.3 is 5.32 Å². The number of hydrogen-bond donors (Lipinski definition) is 1. The van der Waals surface area contributed by atoms with Gasteiger partial charge in [0, 0.05) is 32.7 Å². The first kappa shape index (κ1) is 20.7. The normalized spacial score (nSPS) is 15.7. The SMILES string of the molecule is O=C(CN1CCN(Cc2ccc(Cl)c(Cl)c2)CC1)Nc1cccc(Cl)c1Cl. The maximum Gasteiger partial charge on any atom is 0.238 e. The molecule has 1 aliphatic rings. The molecule has 27 heavy (non-hydrogen) atoms. The van der Waals surface area contributed by atoms with Crippen LogP contribution in [0.15, 0.2) is 36.4 Å². The van der Waals surface area contributed by atoms with E-state index < -0.39 is 0 Å². The smallest absolute Gasteiger partial charge is 0.238 e. The number of carbonyl (C=O) groups is 1. The third kappa shape index (κ3) is 5.74. The van der Waals surface area contributed by atoms with Gasteiger partial charge in [0.15, 0.2) is 0 Å². The maximum atomic E-state index is 12.3. The van der Waals surface area contributed by atoms with Crippen LogP contribution in [0.3, 0.4) is 0 Å². The summed E-state index contributed by atoms with van der Waals surface area (Å²) in [5.41, 5.74) is 1.67. The Morgan fingerprint density at radius 3 is 2.30 bits per heavy atom. The molecule has 1 heterocycles. The number of nitrogens with one attached hydrogen (secondary N) is 1. The van der Waals surface area contributed by atoms with Crippen molar-refractivity contribution in [3.8, 4) is 0 Å². The average molecular weight is 447 g/mol. The second-order valence-corrected chi connectivity index (χ2v) is 8.05. The van der Waals surface area contributed by atoms with Gasteiger partial charge in [0.2, 0.25) is 5.91 Å². The Balaban J connectivity index is 1.47. The van der Waals surface area contributed by atoms with Gasteiger partial charge in [0.1, 0.15) is 0 Å². The van der Waals surface area contributed by atoms with E-state index in [-0.39, 0.29) is 5.91 Å². The van der Waals surface area contributed by atoms with Gasteiger partial charge in [0.25, 0.3) is 0 Å². The third-order valence-corrected chi connectivity index (χ3v) is 6.01. The number of hydrogen-bond acceptors (Lipinski definition) is 3. The Kier molecular flexibility index (Phi) is 7.26. The lowest BCUT2D eigenvalue weighted by Gasteiger charge is -2.34. The van der Waals surface area contributed by atoms with E-state index in [1.807, 2.05) is 18.2 Å². The molecule has 0 aromatic heterocycles. The fourth-order valence-corrected chi connectivity index (χ4v) is 3.66. The molecule has 1 aliphatic heterocycles. The number of halogens is 4. The summed E-state index contributed by atoms with van der Waals surface area (Å²) in [6.45, 7) is 4.53. The largest absolute Gasteiger partial charge is 0.324 e. The van der Waals surface area contributed by atoms with Crippen molar-refractivity contribution in [2.45, 2.75) is 6.54 Å². The summed E-state index contributed by atoms with van der Waals surface area (Å²) in [6, 6.07) is 10.9. The van der Waals surface area contributed by atoms with Gasteiger partial charge in [-0.25, -0.2) is 0 Å². The molecule has 2 aromatic rings. The van der Waals surface area contributed by atoms with E-state index in [1.54, 1.807) is 18.2 Å². The van der Waals surface area contributed by atoms with Crippen LogP contribution in [0.5, 0.6) is 0 Å². The third-order valence-electron chi connectivity index (χ3n) is 4.45. The molecule has 0 aliphatic carbocycles. The van der Waals surface area contributed by atoms with Crippen molar-refractivity contribution in [2.24, 2.45) is 0 Å². The van der Waals surface area contributed by atoms with E-state index in [0.717, 1.165) is 38.3 Å². The van der Waals surface area contributed by atoms with Gasteiger partial charge >= 0.3 is 0 Å². The van der Waals surface area contributed by atoms with Gasteiger partial charge in [-0.2, -0.15) is 0 Å². The molecule has 1 N–H and O–H groups in total. The summed E-state index contributed by atoms with van der Waals surface area (Å²) in [4.78, 5) is 16.8. The predicted molar refractivity (Wildman–Crippen MR) is 113 cm³/mol. The van der Waals surface area contributed by atoms with Crippen LogP contribution in [0.1, 0.15) is 5.56 Å². The first-order valence-corrected chi connectivity index (χ1v) is 10.1. The van der Waals surface area contributed by atoms with E-state index in [2.05, 4.69) is 15.1 Å². The standard InChI is InChI=1S/C19H19Cl4N3O/c20-14-5-4-13(10-16(14)22)11-25-6-8-26(9-7-25)12-18(27)24-17-3-1-2-15(21)19(17)23/h1-5,10H,6-9,11-12H2,(H,24,27). The number of piperazine rings is 1. The molecule has 0 unspecified atom stereocenters. The minimum Gasteiger partial charge on any atom is -0.324 e. The Bertz CT molecular complexity index is 823. The lowest BCUT2D eigenvalue weighted by Crippen LogP contribution is -2.48. The molecule has 144 valence electrons. The van der Waals surface area contributed by atoms with Gasteiger partial charge in [-0.3, -0.25) is 14.6 Å². The van der Waals surface area contributed by atoms with Crippen LogP contribution >= 0.6 is 46.4 Å². The van der Waals surface area contributed by atoms with Gasteiger partial charge in [0.05, 0.1) is 32.3 Å². The molecular weight excluding hydrogens is 428 g/mol. The quantitative estimate of drug-likeness (QED) is 0.697. The van der Waals surface area contributed by atoms with Crippen molar-refractivity contribution in [2.75, 3.05) is 38.0 Å². The zero-order chi connectivity index (χ0) is 19.4. The zero-order valence-electron chi connectivity index (χ0n) is 14.5. The molecule has 8 heteroatoms. The molecule has 1 amide bonds. The Labute approximate surface area is 178 Å². The van der Waals surface area contributed by atoms with Gasteiger partial charge in [-0.15, -0.1) is 0 Å². The molecule has 1 saturated heterocycles. The van der Waals surface area contributed by atoms with E-state index in [0.29, 0.717) is 32.3 Å². The number of rotatable bonds is 5. The topological polar surface area (TPSA) is 35.6 Å². The number of amides is 1. The number of anilines is 1. The van der Waals surface area contributed by atoms with Crippen molar-refractivity contribution in [3.05, 3.63) is 62.1 Å². The molecule has 3 rings (SSSR count). The van der Waals surface area contributed by atoms with Gasteiger partial charge in [-0.05, 0) is 29.8 Å². The summed E-state index contributed by atoms with van der Waals surface area (Å²) in [5, 5.41) is 4.74. The number of carbonyl (C=O) groups excluding carboxylic acids is 1. The summed E-state index contributed by atoms with van der Waals surface area (Å²) in [7, 11) is 0. The molecule has 2 aromatic carbocycles. The molecule has 1 fully saturated rings. The first-order valence-electron chi connectivity index (χ1n) is 8.55. The van der Waals surface area contributed by atoms with Crippen LogP contribution in [0.2, 0.25) is 20.1 Å². The van der Waals surface area contributed by atoms with Crippen molar-refractivity contribution >= 4 is 58.0 Å².